The van der Waals surface area contributed by atoms with E-state index in [-0.39, 0.29) is 11.9 Å². The zero-order chi connectivity index (χ0) is 15.4. The molecule has 5 heteroatoms. The van der Waals surface area contributed by atoms with Gasteiger partial charge in [0.15, 0.2) is 0 Å². The van der Waals surface area contributed by atoms with Gasteiger partial charge in [-0.2, -0.15) is 0 Å². The molecule has 0 fully saturated rings. The van der Waals surface area contributed by atoms with Crippen LogP contribution < -0.4 is 14.8 Å². The van der Waals surface area contributed by atoms with Crippen molar-refractivity contribution in [2.24, 2.45) is 0 Å². The number of anilines is 1. The Morgan fingerprint density at radius 2 is 1.86 bits per heavy atom. The number of ether oxygens (including phenoxy) is 2. The smallest absolute Gasteiger partial charge is 0.142 e. The van der Waals surface area contributed by atoms with Crippen molar-refractivity contribution >= 4 is 21.6 Å². The third kappa shape index (κ3) is 3.67. The Morgan fingerprint density at radius 3 is 2.48 bits per heavy atom. The molecule has 0 bridgehead atoms. The van der Waals surface area contributed by atoms with E-state index < -0.39 is 0 Å². The molecular weight excluding hydrogens is 337 g/mol. The standard InChI is InChI=1S/C16H17BrFNO2/c1-10(13-6-4-11(17)8-14(13)18)19-15-9-12(20-2)5-7-16(15)21-3/h4-10,19H,1-3H3. The minimum atomic E-state index is -0.258. The molecule has 1 atom stereocenters. The maximum Gasteiger partial charge on any atom is 0.142 e. The highest BCUT2D eigenvalue weighted by Gasteiger charge is 2.14. The molecule has 0 heterocycles. The quantitative estimate of drug-likeness (QED) is 0.838. The van der Waals surface area contributed by atoms with Crippen LogP contribution in [0.4, 0.5) is 10.1 Å². The summed E-state index contributed by atoms with van der Waals surface area (Å²) in [5.74, 6) is 1.13. The summed E-state index contributed by atoms with van der Waals surface area (Å²) < 4.78 is 25.2. The molecule has 1 unspecified atom stereocenters. The molecule has 2 aromatic rings. The largest absolute Gasteiger partial charge is 0.497 e. The summed E-state index contributed by atoms with van der Waals surface area (Å²) in [5.41, 5.74) is 1.34. The van der Waals surface area contributed by atoms with E-state index in [0.29, 0.717) is 17.1 Å². The van der Waals surface area contributed by atoms with Crippen LogP contribution in [0.3, 0.4) is 0 Å². The summed E-state index contributed by atoms with van der Waals surface area (Å²) in [6.07, 6.45) is 0. The predicted octanol–water partition coefficient (Wildman–Crippen LogP) is 4.78. The Balaban J connectivity index is 2.28. The lowest BCUT2D eigenvalue weighted by Gasteiger charge is -2.19. The summed E-state index contributed by atoms with van der Waals surface area (Å²) in [4.78, 5) is 0. The second-order valence-electron chi connectivity index (χ2n) is 4.60. The minimum Gasteiger partial charge on any atom is -0.497 e. The van der Waals surface area contributed by atoms with Crippen molar-refractivity contribution in [2.75, 3.05) is 19.5 Å². The highest BCUT2D eigenvalue weighted by atomic mass is 79.9. The SMILES string of the molecule is COc1ccc(OC)c(NC(C)c2ccc(Br)cc2F)c1. The van der Waals surface area contributed by atoms with Crippen LogP contribution in [0.25, 0.3) is 0 Å². The Hall–Kier alpha value is -1.75. The number of halogens is 2. The normalized spacial score (nSPS) is 11.9. The van der Waals surface area contributed by atoms with Crippen molar-refractivity contribution in [1.29, 1.82) is 0 Å². The minimum absolute atomic E-state index is 0.209. The number of nitrogens with one attached hydrogen (secondary N) is 1. The lowest BCUT2D eigenvalue weighted by molar-refractivity contribution is 0.404. The number of methoxy groups -OCH3 is 2. The third-order valence-corrected chi connectivity index (χ3v) is 3.70. The highest BCUT2D eigenvalue weighted by molar-refractivity contribution is 9.10. The van der Waals surface area contributed by atoms with Crippen LogP contribution in [0.15, 0.2) is 40.9 Å². The maximum atomic E-state index is 14.0. The van der Waals surface area contributed by atoms with Crippen LogP contribution in [-0.2, 0) is 0 Å². The van der Waals surface area contributed by atoms with Gasteiger partial charge >= 0.3 is 0 Å². The van der Waals surface area contributed by atoms with E-state index in [9.17, 15) is 4.39 Å². The van der Waals surface area contributed by atoms with Crippen LogP contribution in [-0.4, -0.2) is 14.2 Å². The Morgan fingerprint density at radius 1 is 1.10 bits per heavy atom. The van der Waals surface area contributed by atoms with Crippen LogP contribution in [0.1, 0.15) is 18.5 Å². The first-order chi connectivity index (χ1) is 10.0. The fourth-order valence-electron chi connectivity index (χ4n) is 2.09. The van der Waals surface area contributed by atoms with Gasteiger partial charge in [0, 0.05) is 16.1 Å². The lowest BCUT2D eigenvalue weighted by Crippen LogP contribution is -2.09. The van der Waals surface area contributed by atoms with E-state index in [0.717, 1.165) is 10.2 Å². The molecule has 0 aromatic heterocycles. The van der Waals surface area contributed by atoms with E-state index in [1.54, 1.807) is 20.3 Å². The molecule has 0 radical (unpaired) electrons. The molecular formula is C16H17BrFNO2. The molecule has 1 N–H and O–H groups in total. The number of rotatable bonds is 5. The molecule has 2 rings (SSSR count). The van der Waals surface area contributed by atoms with Crippen molar-refractivity contribution in [1.82, 2.24) is 0 Å². The highest BCUT2D eigenvalue weighted by Crippen LogP contribution is 2.32. The summed E-state index contributed by atoms with van der Waals surface area (Å²) in [6, 6.07) is 10.3. The first kappa shape index (κ1) is 15.6. The van der Waals surface area contributed by atoms with Crippen molar-refractivity contribution in [3.8, 4) is 11.5 Å². The average Bonchev–Trinajstić information content (AvgIpc) is 2.46. The molecule has 0 spiro atoms. The van der Waals surface area contributed by atoms with E-state index in [2.05, 4.69) is 21.2 Å². The Bertz CT molecular complexity index is 634. The average molecular weight is 354 g/mol. The molecule has 0 saturated carbocycles. The number of hydrogen-bond donors (Lipinski definition) is 1. The van der Waals surface area contributed by atoms with E-state index in [4.69, 9.17) is 9.47 Å². The van der Waals surface area contributed by atoms with Crippen LogP contribution in [0.5, 0.6) is 11.5 Å². The molecule has 0 aliphatic carbocycles. The van der Waals surface area contributed by atoms with Crippen molar-refractivity contribution < 1.29 is 13.9 Å². The van der Waals surface area contributed by atoms with Gasteiger partial charge in [-0.15, -0.1) is 0 Å². The van der Waals surface area contributed by atoms with E-state index in [1.807, 2.05) is 31.2 Å². The van der Waals surface area contributed by atoms with Gasteiger partial charge in [0.2, 0.25) is 0 Å². The third-order valence-electron chi connectivity index (χ3n) is 3.21. The van der Waals surface area contributed by atoms with Gasteiger partial charge in [0.25, 0.3) is 0 Å². The molecule has 0 saturated heterocycles. The fourth-order valence-corrected chi connectivity index (χ4v) is 2.42. The number of hydrogen-bond acceptors (Lipinski definition) is 3. The van der Waals surface area contributed by atoms with Gasteiger partial charge in [-0.3, -0.25) is 0 Å². The molecule has 0 amide bonds. The molecule has 0 aliphatic rings. The fraction of sp³-hybridized carbons (Fsp3) is 0.250. The van der Waals surface area contributed by atoms with Gasteiger partial charge in [-0.05, 0) is 31.2 Å². The summed E-state index contributed by atoms with van der Waals surface area (Å²) >= 11 is 3.26. The molecule has 2 aromatic carbocycles. The topological polar surface area (TPSA) is 30.5 Å². The second-order valence-corrected chi connectivity index (χ2v) is 5.51. The summed E-state index contributed by atoms with van der Waals surface area (Å²) in [6.45, 7) is 1.89. The van der Waals surface area contributed by atoms with Gasteiger partial charge in [-0.25, -0.2) is 4.39 Å². The van der Waals surface area contributed by atoms with Gasteiger partial charge in [-0.1, -0.05) is 22.0 Å². The van der Waals surface area contributed by atoms with Crippen LogP contribution >= 0.6 is 15.9 Å². The molecule has 0 aliphatic heterocycles. The second kappa shape index (κ2) is 6.80. The maximum absolute atomic E-state index is 14.0. The summed E-state index contributed by atoms with van der Waals surface area (Å²) in [5, 5.41) is 3.25. The molecule has 112 valence electrons. The van der Waals surface area contributed by atoms with Gasteiger partial charge in [0.05, 0.1) is 25.9 Å². The predicted molar refractivity (Wildman–Crippen MR) is 85.7 cm³/mol. The zero-order valence-electron chi connectivity index (χ0n) is 12.1. The lowest BCUT2D eigenvalue weighted by atomic mass is 10.1. The van der Waals surface area contributed by atoms with Gasteiger partial charge < -0.3 is 14.8 Å². The molecule has 21 heavy (non-hydrogen) atoms. The Kier molecular flexibility index (Phi) is 5.07. The number of benzene rings is 2. The monoisotopic (exact) mass is 353 g/mol. The van der Waals surface area contributed by atoms with E-state index in [1.165, 1.54) is 6.07 Å². The van der Waals surface area contributed by atoms with Crippen molar-refractivity contribution in [2.45, 2.75) is 13.0 Å². The first-order valence-electron chi connectivity index (χ1n) is 6.48. The Labute approximate surface area is 132 Å². The van der Waals surface area contributed by atoms with Crippen molar-refractivity contribution in [3.63, 3.8) is 0 Å². The first-order valence-corrected chi connectivity index (χ1v) is 7.28. The van der Waals surface area contributed by atoms with Gasteiger partial charge in [0.1, 0.15) is 17.3 Å². The van der Waals surface area contributed by atoms with Crippen molar-refractivity contribution in [3.05, 3.63) is 52.3 Å². The van der Waals surface area contributed by atoms with E-state index >= 15 is 0 Å². The van der Waals surface area contributed by atoms with Crippen LogP contribution in [0.2, 0.25) is 0 Å². The molecule has 3 nitrogen and oxygen atoms in total. The summed E-state index contributed by atoms with van der Waals surface area (Å²) in [7, 11) is 3.20. The van der Waals surface area contributed by atoms with Crippen LogP contribution in [0, 0.1) is 5.82 Å². The zero-order valence-corrected chi connectivity index (χ0v) is 13.7.